The van der Waals surface area contributed by atoms with Crippen LogP contribution in [0.2, 0.25) is 0 Å². The topological polar surface area (TPSA) is 98.5 Å². The van der Waals surface area contributed by atoms with Crippen molar-refractivity contribution in [3.05, 3.63) is 31.2 Å². The normalized spacial score (nSPS) is 9.95. The molecule has 9 heteroatoms. The van der Waals surface area contributed by atoms with Crippen LogP contribution in [0.1, 0.15) is 13.3 Å². The number of ether oxygens (including phenoxy) is 1. The Morgan fingerprint density at radius 1 is 1.40 bits per heavy atom. The van der Waals surface area contributed by atoms with Crippen LogP contribution in [0.25, 0.3) is 0 Å². The zero-order chi connectivity index (χ0) is 15.3. The molecule has 1 N–H and O–H groups in total. The van der Waals surface area contributed by atoms with Crippen LogP contribution in [-0.4, -0.2) is 23.4 Å². The highest BCUT2D eigenvalue weighted by molar-refractivity contribution is 9.11. The first-order chi connectivity index (χ1) is 9.35. The fraction of sp³-hybridized carbons (Fsp3) is 0.273. The molecule has 0 aromatic heterocycles. The molecule has 1 rings (SSSR count). The molecule has 0 saturated heterocycles. The summed E-state index contributed by atoms with van der Waals surface area (Å²) in [5.74, 6) is -1.38. The minimum atomic E-state index is -0.694. The standard InChI is InChI=1S/C11H10Br2N2O5/c1-2-20-10(17)5-9(16)14-11-7(13)3-6(12)4-8(11)15(18)19/h3-4H,2,5H2,1H3,(H,14,16). The summed E-state index contributed by atoms with van der Waals surface area (Å²) in [6.45, 7) is 1.78. The van der Waals surface area contributed by atoms with E-state index in [9.17, 15) is 19.7 Å². The second kappa shape index (κ2) is 7.34. The number of nitrogens with zero attached hydrogens (tertiary/aromatic N) is 1. The summed E-state index contributed by atoms with van der Waals surface area (Å²) in [6, 6.07) is 2.80. The van der Waals surface area contributed by atoms with Crippen molar-refractivity contribution in [1.29, 1.82) is 0 Å². The van der Waals surface area contributed by atoms with Crippen molar-refractivity contribution in [3.63, 3.8) is 0 Å². The molecule has 0 heterocycles. The average molecular weight is 410 g/mol. The van der Waals surface area contributed by atoms with Crippen LogP contribution < -0.4 is 5.32 Å². The van der Waals surface area contributed by atoms with Crippen LogP contribution in [0.5, 0.6) is 0 Å². The van der Waals surface area contributed by atoms with E-state index < -0.39 is 23.2 Å². The first-order valence-electron chi connectivity index (χ1n) is 5.44. The van der Waals surface area contributed by atoms with Crippen molar-refractivity contribution in [2.24, 2.45) is 0 Å². The lowest BCUT2D eigenvalue weighted by atomic mass is 10.2. The quantitative estimate of drug-likeness (QED) is 0.348. The SMILES string of the molecule is CCOC(=O)CC(=O)Nc1c(Br)cc(Br)cc1[N+](=O)[O-]. The number of rotatable bonds is 5. The van der Waals surface area contributed by atoms with Crippen LogP contribution >= 0.6 is 31.9 Å². The van der Waals surface area contributed by atoms with Gasteiger partial charge >= 0.3 is 5.97 Å². The molecule has 0 saturated carbocycles. The lowest BCUT2D eigenvalue weighted by molar-refractivity contribution is -0.384. The van der Waals surface area contributed by atoms with Crippen LogP contribution in [0.4, 0.5) is 11.4 Å². The Labute approximate surface area is 131 Å². The van der Waals surface area contributed by atoms with Crippen LogP contribution in [0.15, 0.2) is 21.1 Å². The first-order valence-corrected chi connectivity index (χ1v) is 7.02. The molecule has 1 aromatic carbocycles. The highest BCUT2D eigenvalue weighted by atomic mass is 79.9. The van der Waals surface area contributed by atoms with Crippen LogP contribution in [-0.2, 0) is 14.3 Å². The van der Waals surface area contributed by atoms with E-state index in [4.69, 9.17) is 0 Å². The summed E-state index contributed by atoms with van der Waals surface area (Å²) in [6.07, 6.45) is -0.506. The molecule has 108 valence electrons. The van der Waals surface area contributed by atoms with Gasteiger partial charge in [-0.05, 0) is 28.9 Å². The molecule has 0 atom stereocenters. The van der Waals surface area contributed by atoms with E-state index >= 15 is 0 Å². The van der Waals surface area contributed by atoms with Gasteiger partial charge in [-0.3, -0.25) is 19.7 Å². The van der Waals surface area contributed by atoms with Gasteiger partial charge in [0.25, 0.3) is 5.69 Å². The highest BCUT2D eigenvalue weighted by Gasteiger charge is 2.21. The van der Waals surface area contributed by atoms with E-state index in [1.165, 1.54) is 6.07 Å². The number of nitro groups is 1. The number of carbonyl (C=O) groups is 2. The Hall–Kier alpha value is -1.48. The summed E-state index contributed by atoms with van der Waals surface area (Å²) in [5.41, 5.74) is -0.295. The molecular formula is C11H10Br2N2O5. The highest BCUT2D eigenvalue weighted by Crippen LogP contribution is 2.35. The van der Waals surface area contributed by atoms with Crippen molar-refractivity contribution in [2.75, 3.05) is 11.9 Å². The number of halogens is 2. The molecular weight excluding hydrogens is 400 g/mol. The molecule has 0 aliphatic rings. The van der Waals surface area contributed by atoms with Crippen molar-refractivity contribution >= 4 is 55.1 Å². The van der Waals surface area contributed by atoms with Gasteiger partial charge < -0.3 is 10.1 Å². The maximum Gasteiger partial charge on any atom is 0.315 e. The van der Waals surface area contributed by atoms with Crippen molar-refractivity contribution in [3.8, 4) is 0 Å². The minimum Gasteiger partial charge on any atom is -0.466 e. The maximum atomic E-state index is 11.6. The van der Waals surface area contributed by atoms with E-state index in [1.54, 1.807) is 13.0 Å². The average Bonchev–Trinajstić information content (AvgIpc) is 2.32. The third-order valence-corrected chi connectivity index (χ3v) is 3.19. The Morgan fingerprint density at radius 3 is 2.60 bits per heavy atom. The lowest BCUT2D eigenvalue weighted by Crippen LogP contribution is -2.19. The zero-order valence-corrected chi connectivity index (χ0v) is 13.5. The molecule has 0 spiro atoms. The number of hydrogen-bond donors (Lipinski definition) is 1. The van der Waals surface area contributed by atoms with Gasteiger partial charge in [-0.2, -0.15) is 0 Å². The van der Waals surface area contributed by atoms with Crippen molar-refractivity contribution < 1.29 is 19.2 Å². The lowest BCUT2D eigenvalue weighted by Gasteiger charge is -2.08. The fourth-order valence-electron chi connectivity index (χ4n) is 1.35. The number of esters is 1. The monoisotopic (exact) mass is 408 g/mol. The predicted molar refractivity (Wildman–Crippen MR) is 78.4 cm³/mol. The molecule has 20 heavy (non-hydrogen) atoms. The molecule has 0 fully saturated rings. The Balaban J connectivity index is 2.94. The van der Waals surface area contributed by atoms with Gasteiger partial charge in [0.2, 0.25) is 5.91 Å². The minimum absolute atomic E-state index is 0.00695. The summed E-state index contributed by atoms with van der Waals surface area (Å²) in [5, 5.41) is 13.3. The van der Waals surface area contributed by atoms with Crippen molar-refractivity contribution in [1.82, 2.24) is 0 Å². The number of nitro benzene ring substituents is 1. The van der Waals surface area contributed by atoms with Gasteiger partial charge in [-0.25, -0.2) is 0 Å². The number of amides is 1. The smallest absolute Gasteiger partial charge is 0.315 e. The van der Waals surface area contributed by atoms with Gasteiger partial charge in [0.1, 0.15) is 12.1 Å². The Kier molecular flexibility index (Phi) is 6.08. The van der Waals surface area contributed by atoms with Gasteiger partial charge in [-0.1, -0.05) is 15.9 Å². The van der Waals surface area contributed by atoms with Gasteiger partial charge in [0.15, 0.2) is 0 Å². The first kappa shape index (κ1) is 16.6. The van der Waals surface area contributed by atoms with Gasteiger partial charge in [0.05, 0.1) is 11.5 Å². The second-order valence-corrected chi connectivity index (χ2v) is 5.34. The van der Waals surface area contributed by atoms with Gasteiger partial charge in [0, 0.05) is 15.0 Å². The number of nitrogens with one attached hydrogen (secondary N) is 1. The third-order valence-electron chi connectivity index (χ3n) is 2.11. The molecule has 0 unspecified atom stereocenters. The zero-order valence-electron chi connectivity index (χ0n) is 10.3. The van der Waals surface area contributed by atoms with E-state index in [2.05, 4.69) is 41.9 Å². The number of anilines is 1. The molecule has 7 nitrogen and oxygen atoms in total. The fourth-order valence-corrected chi connectivity index (χ4v) is 2.66. The number of benzene rings is 1. The van der Waals surface area contributed by atoms with Crippen LogP contribution in [0, 0.1) is 10.1 Å². The Bertz CT molecular complexity index is 562. The summed E-state index contributed by atoms with van der Waals surface area (Å²) in [4.78, 5) is 33.1. The molecule has 1 aromatic rings. The third kappa shape index (κ3) is 4.57. The van der Waals surface area contributed by atoms with E-state index in [0.717, 1.165) is 0 Å². The van der Waals surface area contributed by atoms with Crippen LogP contribution in [0.3, 0.4) is 0 Å². The largest absolute Gasteiger partial charge is 0.466 e. The number of carbonyl (C=O) groups excluding carboxylic acids is 2. The predicted octanol–water partition coefficient (Wildman–Crippen LogP) is 3.01. The summed E-state index contributed by atoms with van der Waals surface area (Å²) in [7, 11) is 0. The molecule has 0 bridgehead atoms. The molecule has 0 aliphatic carbocycles. The van der Waals surface area contributed by atoms with E-state index in [1.807, 2.05) is 0 Å². The summed E-state index contributed by atoms with van der Waals surface area (Å²) >= 11 is 6.25. The Morgan fingerprint density at radius 2 is 2.05 bits per heavy atom. The maximum absolute atomic E-state index is 11.6. The van der Waals surface area contributed by atoms with Gasteiger partial charge in [-0.15, -0.1) is 0 Å². The number of hydrogen-bond acceptors (Lipinski definition) is 5. The second-order valence-electron chi connectivity index (χ2n) is 3.57. The molecule has 0 radical (unpaired) electrons. The van der Waals surface area contributed by atoms with E-state index in [-0.39, 0.29) is 18.0 Å². The molecule has 0 aliphatic heterocycles. The summed E-state index contributed by atoms with van der Waals surface area (Å²) < 4.78 is 5.44. The van der Waals surface area contributed by atoms with E-state index in [0.29, 0.717) is 8.95 Å². The van der Waals surface area contributed by atoms with Crippen molar-refractivity contribution in [2.45, 2.75) is 13.3 Å². The molecule has 1 amide bonds.